The third kappa shape index (κ3) is 6.72. The van der Waals surface area contributed by atoms with E-state index in [0.717, 1.165) is 29.7 Å². The van der Waals surface area contributed by atoms with E-state index in [9.17, 15) is 9.59 Å². The number of unbranched alkanes of at least 4 members (excludes halogenated alkanes) is 1. The smallest absolute Gasteiger partial charge is 0.345 e. The topological polar surface area (TPSA) is 68.7 Å². The van der Waals surface area contributed by atoms with Gasteiger partial charge in [-0.15, -0.1) is 0 Å². The second-order valence-electron chi connectivity index (χ2n) is 11.6. The highest BCUT2D eigenvalue weighted by molar-refractivity contribution is 5.98. The molecular formula is C34H40N2O4. The predicted molar refractivity (Wildman–Crippen MR) is 157 cm³/mol. The number of amides is 1. The van der Waals surface area contributed by atoms with E-state index in [2.05, 4.69) is 31.2 Å². The third-order valence-electron chi connectivity index (χ3n) is 7.97. The number of anilines is 1. The first kappa shape index (κ1) is 27.9. The number of aromatic nitrogens is 1. The van der Waals surface area contributed by atoms with Crippen molar-refractivity contribution in [1.29, 1.82) is 0 Å². The molecule has 6 heteroatoms. The fourth-order valence-corrected chi connectivity index (χ4v) is 5.68. The van der Waals surface area contributed by atoms with Gasteiger partial charge in [0.1, 0.15) is 11.3 Å². The van der Waals surface area contributed by atoms with Crippen molar-refractivity contribution < 1.29 is 19.1 Å². The molecule has 3 aromatic rings. The molecule has 1 aliphatic carbocycles. The van der Waals surface area contributed by atoms with Crippen molar-refractivity contribution in [1.82, 2.24) is 4.98 Å². The average Bonchev–Trinajstić information content (AvgIpc) is 3.47. The van der Waals surface area contributed by atoms with Crippen molar-refractivity contribution in [2.45, 2.75) is 90.9 Å². The summed E-state index contributed by atoms with van der Waals surface area (Å²) in [5.41, 5.74) is 5.24. The molecule has 1 saturated carbocycles. The Kier molecular flexibility index (Phi) is 8.53. The summed E-state index contributed by atoms with van der Waals surface area (Å²) in [6.07, 6.45) is 11.6. The lowest BCUT2D eigenvalue weighted by Gasteiger charge is -2.32. The summed E-state index contributed by atoms with van der Waals surface area (Å²) in [4.78, 5) is 32.8. The van der Waals surface area contributed by atoms with Crippen LogP contribution in [-0.2, 0) is 22.5 Å². The summed E-state index contributed by atoms with van der Waals surface area (Å²) >= 11 is 0. The van der Waals surface area contributed by atoms with Crippen LogP contribution in [-0.4, -0.2) is 22.6 Å². The zero-order chi connectivity index (χ0) is 28.1. The highest BCUT2D eigenvalue weighted by atomic mass is 16.7. The lowest BCUT2D eigenvalue weighted by molar-refractivity contribution is -0.127. The molecule has 6 nitrogen and oxygen atoms in total. The standard InChI is InChI=1S/C34H40N2O4/c1-4-5-8-25-11-15-27(16-12-25)30-18-13-26(22-35-30)23-36(32(37)20-14-24-9-6-7-10-24)28-17-19-31-29(21-28)33(38)40-34(2,3)39-31/h11-13,15-19,21-22,24H,4-10,14,20,23H2,1-3H3. The third-order valence-corrected chi connectivity index (χ3v) is 7.97. The van der Waals surface area contributed by atoms with E-state index in [4.69, 9.17) is 14.5 Å². The monoisotopic (exact) mass is 540 g/mol. The van der Waals surface area contributed by atoms with Gasteiger partial charge in [0, 0.05) is 37.7 Å². The van der Waals surface area contributed by atoms with Crippen molar-refractivity contribution >= 4 is 17.6 Å². The van der Waals surface area contributed by atoms with Crippen LogP contribution in [0.3, 0.4) is 0 Å². The van der Waals surface area contributed by atoms with E-state index in [0.29, 0.717) is 35.9 Å². The number of benzene rings is 2. The largest absolute Gasteiger partial charge is 0.452 e. The first-order valence-corrected chi connectivity index (χ1v) is 14.7. The van der Waals surface area contributed by atoms with Crippen molar-refractivity contribution in [3.05, 3.63) is 77.5 Å². The Morgan fingerprint density at radius 2 is 1.75 bits per heavy atom. The first-order valence-electron chi connectivity index (χ1n) is 14.7. The molecule has 40 heavy (non-hydrogen) atoms. The maximum Gasteiger partial charge on any atom is 0.345 e. The molecule has 2 aliphatic rings. The Balaban J connectivity index is 1.36. The van der Waals surface area contributed by atoms with Gasteiger partial charge in [-0.25, -0.2) is 4.79 Å². The van der Waals surface area contributed by atoms with Crippen LogP contribution < -0.4 is 9.64 Å². The number of rotatable bonds is 10. The Labute approximate surface area is 237 Å². The minimum Gasteiger partial charge on any atom is -0.452 e. The maximum absolute atomic E-state index is 13.6. The number of nitrogens with zero attached hydrogens (tertiary/aromatic N) is 2. The molecule has 0 N–H and O–H groups in total. The SMILES string of the molecule is CCCCc1ccc(-c2ccc(CN(C(=O)CCC3CCCC3)c3ccc4c(c3)C(=O)OC(C)(C)O4)cn2)cc1. The second kappa shape index (κ2) is 12.2. The van der Waals surface area contributed by atoms with Crippen LogP contribution in [0, 0.1) is 5.92 Å². The van der Waals surface area contributed by atoms with Crippen molar-refractivity contribution in [2.24, 2.45) is 5.92 Å². The molecule has 210 valence electrons. The van der Waals surface area contributed by atoms with Gasteiger partial charge in [0.05, 0.1) is 12.2 Å². The number of carbonyl (C=O) groups excluding carboxylic acids is 2. The average molecular weight is 541 g/mol. The molecule has 5 rings (SSSR count). The van der Waals surface area contributed by atoms with Gasteiger partial charge in [-0.3, -0.25) is 9.78 Å². The first-order chi connectivity index (χ1) is 19.3. The van der Waals surface area contributed by atoms with E-state index in [-0.39, 0.29) is 5.91 Å². The van der Waals surface area contributed by atoms with Crippen LogP contribution in [0.1, 0.15) is 93.6 Å². The lowest BCUT2D eigenvalue weighted by atomic mass is 10.0. The van der Waals surface area contributed by atoms with E-state index in [1.54, 1.807) is 30.9 Å². The van der Waals surface area contributed by atoms with E-state index < -0.39 is 11.8 Å². The molecule has 0 bridgehead atoms. The molecular weight excluding hydrogens is 500 g/mol. The zero-order valence-corrected chi connectivity index (χ0v) is 23.9. The molecule has 0 radical (unpaired) electrons. The summed E-state index contributed by atoms with van der Waals surface area (Å²) in [5, 5.41) is 0. The molecule has 0 spiro atoms. The number of hydrogen-bond donors (Lipinski definition) is 0. The number of fused-ring (bicyclic) bond motifs is 1. The number of pyridine rings is 1. The highest BCUT2D eigenvalue weighted by Gasteiger charge is 2.34. The van der Waals surface area contributed by atoms with Gasteiger partial charge < -0.3 is 14.4 Å². The van der Waals surface area contributed by atoms with E-state index in [1.165, 1.54) is 44.1 Å². The van der Waals surface area contributed by atoms with Crippen molar-refractivity contribution in [3.63, 3.8) is 0 Å². The van der Waals surface area contributed by atoms with Gasteiger partial charge in [0.2, 0.25) is 11.7 Å². The van der Waals surface area contributed by atoms with Crippen LogP contribution in [0.25, 0.3) is 11.3 Å². The maximum atomic E-state index is 13.6. The molecule has 2 aromatic carbocycles. The molecule has 0 atom stereocenters. The van der Waals surface area contributed by atoms with Gasteiger partial charge in [0.25, 0.3) is 0 Å². The van der Waals surface area contributed by atoms with Crippen LogP contribution >= 0.6 is 0 Å². The normalized spacial score (nSPS) is 16.2. The quantitative estimate of drug-likeness (QED) is 0.245. The summed E-state index contributed by atoms with van der Waals surface area (Å²) in [5.74, 6) is -0.336. The molecule has 1 fully saturated rings. The molecule has 1 amide bonds. The number of ether oxygens (including phenoxy) is 2. The molecule has 1 aromatic heterocycles. The number of carbonyl (C=O) groups is 2. The minimum atomic E-state index is -1.02. The lowest BCUT2D eigenvalue weighted by Crippen LogP contribution is -2.39. The summed E-state index contributed by atoms with van der Waals surface area (Å²) in [6, 6.07) is 18.0. The molecule has 2 heterocycles. The number of esters is 1. The van der Waals surface area contributed by atoms with Crippen LogP contribution in [0.15, 0.2) is 60.8 Å². The van der Waals surface area contributed by atoms with Gasteiger partial charge in [0.15, 0.2) is 0 Å². The highest BCUT2D eigenvalue weighted by Crippen LogP contribution is 2.35. The molecule has 0 saturated heterocycles. The molecule has 1 aliphatic heterocycles. The number of cyclic esters (lactones) is 1. The van der Waals surface area contributed by atoms with Gasteiger partial charge in [-0.2, -0.15) is 0 Å². The second-order valence-corrected chi connectivity index (χ2v) is 11.6. The van der Waals surface area contributed by atoms with Crippen LogP contribution in [0.2, 0.25) is 0 Å². The van der Waals surface area contributed by atoms with Crippen LogP contribution in [0.4, 0.5) is 5.69 Å². The van der Waals surface area contributed by atoms with Crippen LogP contribution in [0.5, 0.6) is 5.75 Å². The Hall–Kier alpha value is -3.67. The Morgan fingerprint density at radius 1 is 1.00 bits per heavy atom. The van der Waals surface area contributed by atoms with E-state index >= 15 is 0 Å². The number of hydrogen-bond acceptors (Lipinski definition) is 5. The fourth-order valence-electron chi connectivity index (χ4n) is 5.68. The van der Waals surface area contributed by atoms with Gasteiger partial charge in [-0.05, 0) is 60.6 Å². The summed E-state index contributed by atoms with van der Waals surface area (Å²) in [6.45, 7) is 5.99. The van der Waals surface area contributed by atoms with Gasteiger partial charge >= 0.3 is 5.97 Å². The minimum absolute atomic E-state index is 0.0454. The number of aryl methyl sites for hydroxylation is 1. The zero-order valence-electron chi connectivity index (χ0n) is 23.9. The predicted octanol–water partition coefficient (Wildman–Crippen LogP) is 7.88. The van der Waals surface area contributed by atoms with E-state index in [1.807, 2.05) is 24.4 Å². The summed E-state index contributed by atoms with van der Waals surface area (Å²) < 4.78 is 11.3. The Morgan fingerprint density at radius 3 is 2.45 bits per heavy atom. The van der Waals surface area contributed by atoms with Gasteiger partial charge in [-0.1, -0.05) is 69.4 Å². The summed E-state index contributed by atoms with van der Waals surface area (Å²) in [7, 11) is 0. The fraction of sp³-hybridized carbons (Fsp3) is 0.441. The van der Waals surface area contributed by atoms with Crippen molar-refractivity contribution in [2.75, 3.05) is 4.90 Å². The Bertz CT molecular complexity index is 1330. The molecule has 0 unspecified atom stereocenters. The van der Waals surface area contributed by atoms with Crippen molar-refractivity contribution in [3.8, 4) is 17.0 Å².